The minimum absolute atomic E-state index is 0.793. The quantitative estimate of drug-likeness (QED) is 0.460. The van der Waals surface area contributed by atoms with Crippen molar-refractivity contribution in [2.45, 2.75) is 12.8 Å². The highest BCUT2D eigenvalue weighted by molar-refractivity contribution is 4.72. The third kappa shape index (κ3) is 7.66. The van der Waals surface area contributed by atoms with Crippen molar-refractivity contribution in [3.63, 3.8) is 0 Å². The van der Waals surface area contributed by atoms with Gasteiger partial charge in [0.2, 0.25) is 0 Å². The van der Waals surface area contributed by atoms with Crippen molar-refractivity contribution >= 4 is 0 Å². The first-order chi connectivity index (χ1) is 4.56. The molecule has 0 aliphatic rings. The SMILES string of the molecule is C[N+](C)(C)C=CCCCN. The monoisotopic (exact) mass is 143 g/mol. The minimum atomic E-state index is 0.793. The molecule has 2 nitrogen and oxygen atoms in total. The summed E-state index contributed by atoms with van der Waals surface area (Å²) >= 11 is 0. The van der Waals surface area contributed by atoms with Crippen molar-refractivity contribution in [2.24, 2.45) is 5.73 Å². The van der Waals surface area contributed by atoms with Crippen LogP contribution < -0.4 is 5.73 Å². The highest BCUT2D eigenvalue weighted by Gasteiger charge is 1.97. The van der Waals surface area contributed by atoms with E-state index in [0.29, 0.717) is 0 Å². The molecule has 0 aromatic carbocycles. The molecule has 0 amide bonds. The molecule has 0 fully saturated rings. The first-order valence-corrected chi connectivity index (χ1v) is 3.75. The van der Waals surface area contributed by atoms with E-state index >= 15 is 0 Å². The van der Waals surface area contributed by atoms with Gasteiger partial charge in [0.1, 0.15) is 0 Å². The second kappa shape index (κ2) is 4.47. The molecule has 0 aliphatic carbocycles. The average molecular weight is 143 g/mol. The first kappa shape index (κ1) is 9.66. The predicted molar refractivity (Wildman–Crippen MR) is 45.5 cm³/mol. The lowest BCUT2D eigenvalue weighted by Gasteiger charge is -2.17. The largest absolute Gasteiger partial charge is 0.330 e. The lowest BCUT2D eigenvalue weighted by Crippen LogP contribution is -2.26. The number of hydrogen-bond donors (Lipinski definition) is 1. The Hall–Kier alpha value is -0.340. The fraction of sp³-hybridized carbons (Fsp3) is 0.750. The van der Waals surface area contributed by atoms with Gasteiger partial charge in [-0.2, -0.15) is 0 Å². The number of hydrogen-bond acceptors (Lipinski definition) is 1. The summed E-state index contributed by atoms with van der Waals surface area (Å²) in [7, 11) is 6.41. The number of quaternary nitrogens is 1. The lowest BCUT2D eigenvalue weighted by molar-refractivity contribution is -0.817. The Morgan fingerprint density at radius 2 is 1.90 bits per heavy atom. The van der Waals surface area contributed by atoms with Crippen LogP contribution in [-0.4, -0.2) is 32.2 Å². The molecule has 0 heterocycles. The Morgan fingerprint density at radius 3 is 2.30 bits per heavy atom. The van der Waals surface area contributed by atoms with Gasteiger partial charge in [0.25, 0.3) is 0 Å². The van der Waals surface area contributed by atoms with Gasteiger partial charge in [0, 0.05) is 0 Å². The molecule has 0 unspecified atom stereocenters. The molecule has 60 valence electrons. The number of rotatable bonds is 4. The fourth-order valence-corrected chi connectivity index (χ4v) is 0.626. The van der Waals surface area contributed by atoms with Crippen LogP contribution in [0.15, 0.2) is 12.3 Å². The fourth-order valence-electron chi connectivity index (χ4n) is 0.626. The maximum Gasteiger partial charge on any atom is 0.0911 e. The van der Waals surface area contributed by atoms with Gasteiger partial charge in [-0.15, -0.1) is 0 Å². The molecular formula is C8H19N2+. The zero-order valence-corrected chi connectivity index (χ0v) is 7.30. The number of allylic oxidation sites excluding steroid dienone is 1. The van der Waals surface area contributed by atoms with E-state index < -0.39 is 0 Å². The van der Waals surface area contributed by atoms with E-state index in [1.54, 1.807) is 0 Å². The van der Waals surface area contributed by atoms with Crippen LogP contribution in [0.3, 0.4) is 0 Å². The molecule has 2 heteroatoms. The summed E-state index contributed by atoms with van der Waals surface area (Å²) < 4.78 is 0.893. The third-order valence-electron chi connectivity index (χ3n) is 1.13. The maximum absolute atomic E-state index is 5.34. The van der Waals surface area contributed by atoms with Gasteiger partial charge in [0.05, 0.1) is 27.3 Å². The lowest BCUT2D eigenvalue weighted by atomic mass is 10.3. The van der Waals surface area contributed by atoms with Crippen molar-refractivity contribution < 1.29 is 4.48 Å². The van der Waals surface area contributed by atoms with E-state index in [1.165, 1.54) is 0 Å². The van der Waals surface area contributed by atoms with Crippen molar-refractivity contribution in [1.29, 1.82) is 0 Å². The van der Waals surface area contributed by atoms with Crippen LogP contribution in [0.5, 0.6) is 0 Å². The predicted octanol–water partition coefficient (Wildman–Crippen LogP) is 0.945. The topological polar surface area (TPSA) is 26.0 Å². The second-order valence-electron chi connectivity index (χ2n) is 3.43. The van der Waals surface area contributed by atoms with Crippen molar-refractivity contribution in [2.75, 3.05) is 27.7 Å². The van der Waals surface area contributed by atoms with Crippen LogP contribution in [0.2, 0.25) is 0 Å². The molecule has 0 bridgehead atoms. The Kier molecular flexibility index (Phi) is 4.32. The van der Waals surface area contributed by atoms with Gasteiger partial charge in [-0.3, -0.25) is 0 Å². The van der Waals surface area contributed by atoms with Crippen LogP contribution in [-0.2, 0) is 0 Å². The highest BCUT2D eigenvalue weighted by atomic mass is 15.3. The van der Waals surface area contributed by atoms with Crippen molar-refractivity contribution in [1.82, 2.24) is 0 Å². The summed E-state index contributed by atoms with van der Waals surface area (Å²) in [4.78, 5) is 0. The number of unbranched alkanes of at least 4 members (excludes halogenated alkanes) is 1. The molecule has 0 aromatic rings. The van der Waals surface area contributed by atoms with E-state index in [0.717, 1.165) is 23.9 Å². The van der Waals surface area contributed by atoms with Crippen LogP contribution >= 0.6 is 0 Å². The zero-order chi connectivity index (χ0) is 8.04. The zero-order valence-electron chi connectivity index (χ0n) is 7.30. The second-order valence-corrected chi connectivity index (χ2v) is 3.43. The summed E-state index contributed by atoms with van der Waals surface area (Å²) in [6.07, 6.45) is 6.56. The van der Waals surface area contributed by atoms with Crippen LogP contribution in [0.25, 0.3) is 0 Å². The standard InChI is InChI=1S/C8H19N2/c1-10(2,3)8-6-4-5-7-9/h6,8H,4-5,7,9H2,1-3H3/q+1. The Labute approximate surface area is 63.9 Å². The van der Waals surface area contributed by atoms with Crippen LogP contribution in [0, 0.1) is 0 Å². The van der Waals surface area contributed by atoms with Crippen molar-refractivity contribution in [3.05, 3.63) is 12.3 Å². The Morgan fingerprint density at radius 1 is 1.30 bits per heavy atom. The smallest absolute Gasteiger partial charge is 0.0911 e. The Bertz CT molecular complexity index is 100. The van der Waals surface area contributed by atoms with Gasteiger partial charge in [-0.05, 0) is 25.5 Å². The van der Waals surface area contributed by atoms with Crippen molar-refractivity contribution in [3.8, 4) is 0 Å². The highest BCUT2D eigenvalue weighted by Crippen LogP contribution is 1.94. The molecule has 0 saturated heterocycles. The Balaban J connectivity index is 3.37. The van der Waals surface area contributed by atoms with E-state index in [9.17, 15) is 0 Å². The molecule has 0 aromatic heterocycles. The molecule has 0 aliphatic heterocycles. The first-order valence-electron chi connectivity index (χ1n) is 3.75. The molecule has 10 heavy (non-hydrogen) atoms. The van der Waals surface area contributed by atoms with E-state index in [1.807, 2.05) is 0 Å². The number of nitrogens with two attached hydrogens (primary N) is 1. The summed E-state index contributed by atoms with van der Waals surface area (Å²) in [6.45, 7) is 0.793. The molecule has 0 spiro atoms. The molecule has 0 atom stereocenters. The summed E-state index contributed by atoms with van der Waals surface area (Å²) in [5.41, 5.74) is 5.34. The molecule has 0 radical (unpaired) electrons. The normalized spacial score (nSPS) is 12.8. The van der Waals surface area contributed by atoms with Gasteiger partial charge in [0.15, 0.2) is 0 Å². The van der Waals surface area contributed by atoms with E-state index in [4.69, 9.17) is 5.73 Å². The van der Waals surface area contributed by atoms with E-state index in [-0.39, 0.29) is 0 Å². The average Bonchev–Trinajstić information content (AvgIpc) is 1.78. The van der Waals surface area contributed by atoms with Gasteiger partial charge >= 0.3 is 0 Å². The molecular weight excluding hydrogens is 124 g/mol. The van der Waals surface area contributed by atoms with Gasteiger partial charge in [-0.1, -0.05) is 0 Å². The molecule has 0 saturated carbocycles. The van der Waals surface area contributed by atoms with Crippen LogP contribution in [0.1, 0.15) is 12.8 Å². The summed E-state index contributed by atoms with van der Waals surface area (Å²) in [5.74, 6) is 0. The van der Waals surface area contributed by atoms with Gasteiger partial charge in [-0.25, -0.2) is 0 Å². The summed E-state index contributed by atoms with van der Waals surface area (Å²) in [6, 6.07) is 0. The number of nitrogens with zero attached hydrogens (tertiary/aromatic N) is 1. The third-order valence-corrected chi connectivity index (χ3v) is 1.13. The minimum Gasteiger partial charge on any atom is -0.330 e. The van der Waals surface area contributed by atoms with Crippen LogP contribution in [0.4, 0.5) is 0 Å². The van der Waals surface area contributed by atoms with E-state index in [2.05, 4.69) is 33.4 Å². The van der Waals surface area contributed by atoms with Gasteiger partial charge < -0.3 is 10.2 Å². The molecule has 0 rings (SSSR count). The molecule has 2 N–H and O–H groups in total. The maximum atomic E-state index is 5.34. The summed E-state index contributed by atoms with van der Waals surface area (Å²) in [5, 5.41) is 0.